The van der Waals surface area contributed by atoms with Gasteiger partial charge in [-0.3, -0.25) is 19.3 Å². The van der Waals surface area contributed by atoms with Gasteiger partial charge in [-0.05, 0) is 31.0 Å². The Labute approximate surface area is 203 Å². The summed E-state index contributed by atoms with van der Waals surface area (Å²) in [7, 11) is 0. The minimum absolute atomic E-state index is 0.182. The number of nitrogens with zero attached hydrogens (tertiary/aromatic N) is 1. The fourth-order valence-corrected chi connectivity index (χ4v) is 4.12. The van der Waals surface area contributed by atoms with Crippen LogP contribution in [0.1, 0.15) is 40.1 Å². The first-order valence-electron chi connectivity index (χ1n) is 9.37. The van der Waals surface area contributed by atoms with Crippen LogP contribution in [0.5, 0.6) is 0 Å². The summed E-state index contributed by atoms with van der Waals surface area (Å²) in [6.45, 7) is 2.67. The summed E-state index contributed by atoms with van der Waals surface area (Å²) in [5.41, 5.74) is 1.15. The fourth-order valence-electron chi connectivity index (χ4n) is 3.10. The van der Waals surface area contributed by atoms with Crippen LogP contribution < -0.4 is 5.32 Å². The van der Waals surface area contributed by atoms with Crippen molar-refractivity contribution in [3.63, 3.8) is 0 Å². The van der Waals surface area contributed by atoms with E-state index in [1.807, 2.05) is 19.1 Å². The Morgan fingerprint density at radius 1 is 0.938 bits per heavy atom. The van der Waals surface area contributed by atoms with Crippen molar-refractivity contribution in [2.24, 2.45) is 0 Å². The highest BCUT2D eigenvalue weighted by atomic mass is 35.5. The van der Waals surface area contributed by atoms with Crippen molar-refractivity contribution in [2.75, 3.05) is 11.9 Å². The van der Waals surface area contributed by atoms with E-state index in [2.05, 4.69) is 5.32 Å². The van der Waals surface area contributed by atoms with E-state index in [0.717, 1.165) is 12.0 Å². The molecule has 0 aliphatic carbocycles. The molecule has 0 fully saturated rings. The lowest BCUT2D eigenvalue weighted by Gasteiger charge is -2.20. The zero-order valence-electron chi connectivity index (χ0n) is 16.8. The van der Waals surface area contributed by atoms with Crippen molar-refractivity contribution in [3.05, 3.63) is 61.0 Å². The van der Waals surface area contributed by atoms with Gasteiger partial charge in [0.25, 0.3) is 17.7 Å². The summed E-state index contributed by atoms with van der Waals surface area (Å²) in [5.74, 6) is -3.30. The van der Waals surface area contributed by atoms with Crippen molar-refractivity contribution >= 4 is 75.8 Å². The van der Waals surface area contributed by atoms with E-state index in [-0.39, 0.29) is 31.2 Å². The molecule has 0 saturated heterocycles. The zero-order valence-corrected chi connectivity index (χ0v) is 19.8. The van der Waals surface area contributed by atoms with Crippen molar-refractivity contribution in [2.45, 2.75) is 26.3 Å². The van der Waals surface area contributed by atoms with Gasteiger partial charge in [0, 0.05) is 5.69 Å². The Morgan fingerprint density at radius 3 is 1.91 bits per heavy atom. The second-order valence-electron chi connectivity index (χ2n) is 6.87. The van der Waals surface area contributed by atoms with Gasteiger partial charge in [0.05, 0.1) is 31.2 Å². The van der Waals surface area contributed by atoms with Crippen LogP contribution in [0.15, 0.2) is 24.3 Å². The Balaban J connectivity index is 1.68. The number of imide groups is 1. The highest BCUT2D eigenvalue weighted by Crippen LogP contribution is 2.45. The molecule has 0 spiro atoms. The predicted octanol–water partition coefficient (Wildman–Crippen LogP) is 5.03. The molecule has 168 valence electrons. The van der Waals surface area contributed by atoms with E-state index in [9.17, 15) is 19.2 Å². The Morgan fingerprint density at radius 2 is 1.44 bits per heavy atom. The van der Waals surface area contributed by atoms with Crippen LogP contribution in [0, 0.1) is 0 Å². The SMILES string of the molecule is CCc1ccc(NC(=O)COC(=O)[C@@H](C)N2C(=O)c3c(Cl)c(Cl)c(Cl)c(Cl)c3C2=O)cc1. The maximum absolute atomic E-state index is 12.8. The summed E-state index contributed by atoms with van der Waals surface area (Å²) < 4.78 is 4.98. The topological polar surface area (TPSA) is 92.8 Å². The number of hydrogen-bond acceptors (Lipinski definition) is 5. The minimum Gasteiger partial charge on any atom is -0.454 e. The number of amides is 3. The smallest absolute Gasteiger partial charge is 0.329 e. The number of rotatable bonds is 6. The molecule has 11 heteroatoms. The van der Waals surface area contributed by atoms with Gasteiger partial charge >= 0.3 is 5.97 Å². The lowest BCUT2D eigenvalue weighted by atomic mass is 10.1. The molecule has 1 aliphatic rings. The molecule has 7 nitrogen and oxygen atoms in total. The average molecular weight is 518 g/mol. The summed E-state index contributed by atoms with van der Waals surface area (Å²) in [5, 5.41) is 1.74. The van der Waals surface area contributed by atoms with Crippen molar-refractivity contribution in [1.29, 1.82) is 0 Å². The lowest BCUT2D eigenvalue weighted by Crippen LogP contribution is -2.44. The van der Waals surface area contributed by atoms with Crippen LogP contribution in [0.25, 0.3) is 0 Å². The molecule has 0 aromatic heterocycles. The van der Waals surface area contributed by atoms with E-state index in [1.54, 1.807) is 12.1 Å². The van der Waals surface area contributed by atoms with E-state index < -0.39 is 36.3 Å². The number of halogens is 4. The van der Waals surface area contributed by atoms with Gasteiger partial charge in [-0.15, -0.1) is 0 Å². The van der Waals surface area contributed by atoms with Gasteiger partial charge in [-0.1, -0.05) is 65.5 Å². The number of anilines is 1. The molecule has 1 atom stereocenters. The fraction of sp³-hybridized carbons (Fsp3) is 0.238. The van der Waals surface area contributed by atoms with E-state index in [0.29, 0.717) is 10.6 Å². The zero-order chi connectivity index (χ0) is 23.7. The maximum Gasteiger partial charge on any atom is 0.329 e. The standard InChI is InChI=1S/C21H16Cl4N2O5/c1-3-10-4-6-11(7-5-10)26-12(28)8-32-21(31)9(2)27-19(29)13-14(20(27)30)16(23)18(25)17(24)15(13)22/h4-7,9H,3,8H2,1-2H3,(H,26,28)/t9-/m1/s1. The number of carbonyl (C=O) groups excluding carboxylic acids is 4. The van der Waals surface area contributed by atoms with Crippen LogP contribution in [0.4, 0.5) is 5.69 Å². The highest BCUT2D eigenvalue weighted by Gasteiger charge is 2.45. The normalized spacial score (nSPS) is 13.8. The molecule has 3 amide bonds. The monoisotopic (exact) mass is 516 g/mol. The lowest BCUT2D eigenvalue weighted by molar-refractivity contribution is -0.150. The van der Waals surface area contributed by atoms with Crippen molar-refractivity contribution in [3.8, 4) is 0 Å². The Bertz CT molecular complexity index is 1090. The molecule has 0 radical (unpaired) electrons. The van der Waals surface area contributed by atoms with Crippen LogP contribution in [0.3, 0.4) is 0 Å². The van der Waals surface area contributed by atoms with Crippen molar-refractivity contribution < 1.29 is 23.9 Å². The number of carbonyl (C=O) groups is 4. The summed E-state index contributed by atoms with van der Waals surface area (Å²) in [4.78, 5) is 50.8. The molecule has 2 aromatic carbocycles. The molecule has 0 saturated carbocycles. The number of benzene rings is 2. The van der Waals surface area contributed by atoms with Gasteiger partial charge in [-0.25, -0.2) is 4.79 Å². The van der Waals surface area contributed by atoms with Gasteiger partial charge < -0.3 is 10.1 Å². The first kappa shape index (κ1) is 24.3. The Kier molecular flexibility index (Phi) is 7.35. The van der Waals surface area contributed by atoms with Crippen LogP contribution in [0.2, 0.25) is 20.1 Å². The molecular formula is C21H16Cl4N2O5. The third kappa shape index (κ3) is 4.43. The molecule has 0 bridgehead atoms. The van der Waals surface area contributed by atoms with E-state index in [1.165, 1.54) is 6.92 Å². The molecule has 1 heterocycles. The summed E-state index contributed by atoms with van der Waals surface area (Å²) in [6.07, 6.45) is 0.858. The first-order chi connectivity index (χ1) is 15.1. The quantitative estimate of drug-likeness (QED) is 0.251. The van der Waals surface area contributed by atoms with Gasteiger partial charge in [0.15, 0.2) is 6.61 Å². The largest absolute Gasteiger partial charge is 0.454 e. The summed E-state index contributed by atoms with van der Waals surface area (Å²) in [6, 6.07) is 5.82. The molecule has 1 aliphatic heterocycles. The van der Waals surface area contributed by atoms with Crippen molar-refractivity contribution in [1.82, 2.24) is 4.90 Å². The van der Waals surface area contributed by atoms with Crippen LogP contribution >= 0.6 is 46.4 Å². The second-order valence-corrected chi connectivity index (χ2v) is 8.38. The van der Waals surface area contributed by atoms with E-state index in [4.69, 9.17) is 51.1 Å². The summed E-state index contributed by atoms with van der Waals surface area (Å²) >= 11 is 24.1. The minimum atomic E-state index is -1.36. The number of aryl methyl sites for hydroxylation is 1. The Hall–Kier alpha value is -2.32. The molecule has 3 rings (SSSR count). The number of hydrogen-bond donors (Lipinski definition) is 1. The van der Waals surface area contributed by atoms with Crippen LogP contribution in [-0.4, -0.2) is 41.2 Å². The average Bonchev–Trinajstić information content (AvgIpc) is 3.04. The number of ether oxygens (including phenoxy) is 1. The predicted molar refractivity (Wildman–Crippen MR) is 122 cm³/mol. The third-order valence-corrected chi connectivity index (χ3v) is 6.65. The van der Waals surface area contributed by atoms with E-state index >= 15 is 0 Å². The van der Waals surface area contributed by atoms with Gasteiger partial charge in [0.1, 0.15) is 6.04 Å². The second kappa shape index (κ2) is 9.67. The van der Waals surface area contributed by atoms with Crippen LogP contribution in [-0.2, 0) is 20.7 Å². The maximum atomic E-state index is 12.8. The molecular weight excluding hydrogens is 502 g/mol. The molecule has 0 unspecified atom stereocenters. The van der Waals surface area contributed by atoms with Gasteiger partial charge in [0.2, 0.25) is 0 Å². The molecule has 1 N–H and O–H groups in total. The number of nitrogens with one attached hydrogen (secondary N) is 1. The first-order valence-corrected chi connectivity index (χ1v) is 10.9. The molecule has 2 aromatic rings. The van der Waals surface area contributed by atoms with Gasteiger partial charge in [-0.2, -0.15) is 0 Å². The molecule has 32 heavy (non-hydrogen) atoms. The number of esters is 1. The third-order valence-electron chi connectivity index (χ3n) is 4.85. The number of fused-ring (bicyclic) bond motifs is 1. The highest BCUT2D eigenvalue weighted by molar-refractivity contribution is 6.55.